The summed E-state index contributed by atoms with van der Waals surface area (Å²) < 4.78 is 0. The molecule has 3 aromatic carbocycles. The van der Waals surface area contributed by atoms with Crippen molar-refractivity contribution in [3.05, 3.63) is 89.4 Å². The van der Waals surface area contributed by atoms with Gasteiger partial charge in [0.25, 0.3) is 0 Å². The van der Waals surface area contributed by atoms with Crippen molar-refractivity contribution < 1.29 is 4.79 Å². The lowest BCUT2D eigenvalue weighted by Crippen LogP contribution is -2.28. The second kappa shape index (κ2) is 7.56. The first-order chi connectivity index (χ1) is 13.2. The van der Waals surface area contributed by atoms with Crippen molar-refractivity contribution in [2.45, 2.75) is 6.54 Å². The summed E-state index contributed by atoms with van der Waals surface area (Å²) >= 11 is 6.05. The number of hydrogen-bond donors (Lipinski definition) is 3. The van der Waals surface area contributed by atoms with E-state index in [9.17, 15) is 4.79 Å². The van der Waals surface area contributed by atoms with Crippen LogP contribution in [-0.4, -0.2) is 11.0 Å². The molecule has 0 radical (unpaired) electrons. The van der Waals surface area contributed by atoms with Gasteiger partial charge in [-0.1, -0.05) is 54.1 Å². The highest BCUT2D eigenvalue weighted by atomic mass is 35.5. The van der Waals surface area contributed by atoms with Crippen LogP contribution in [0.3, 0.4) is 0 Å². The largest absolute Gasteiger partial charge is 0.355 e. The van der Waals surface area contributed by atoms with Gasteiger partial charge >= 0.3 is 6.03 Å². The highest BCUT2D eigenvalue weighted by Gasteiger charge is 2.06. The van der Waals surface area contributed by atoms with E-state index in [4.69, 9.17) is 11.6 Å². The molecule has 0 unspecified atom stereocenters. The molecule has 134 valence electrons. The Morgan fingerprint density at radius 1 is 0.926 bits per heavy atom. The summed E-state index contributed by atoms with van der Waals surface area (Å²) in [6.45, 7) is 0.488. The molecule has 0 aliphatic heterocycles. The third kappa shape index (κ3) is 4.13. The minimum atomic E-state index is -0.230. The van der Waals surface area contributed by atoms with Gasteiger partial charge < -0.3 is 15.6 Å². The summed E-state index contributed by atoms with van der Waals surface area (Å²) in [4.78, 5) is 15.4. The SMILES string of the molecule is O=C(NCc1ccccc1)Nc1ccc(-c2cc3cc(Cl)ccc3[nH]2)cc1. The van der Waals surface area contributed by atoms with Gasteiger partial charge in [0.1, 0.15) is 0 Å². The number of aromatic nitrogens is 1. The number of carbonyl (C=O) groups is 1. The minimum Gasteiger partial charge on any atom is -0.355 e. The predicted octanol–water partition coefficient (Wildman–Crippen LogP) is 5.81. The zero-order valence-electron chi connectivity index (χ0n) is 14.5. The first-order valence-corrected chi connectivity index (χ1v) is 9.03. The highest BCUT2D eigenvalue weighted by Crippen LogP contribution is 2.27. The molecule has 27 heavy (non-hydrogen) atoms. The standard InChI is InChI=1S/C22H18ClN3O/c23-18-8-11-20-17(12-18)13-21(26-20)16-6-9-19(10-7-16)25-22(27)24-14-15-4-2-1-3-5-15/h1-13,26H,14H2,(H2,24,25,27). The Bertz CT molecular complexity index is 1070. The molecule has 2 amide bonds. The predicted molar refractivity (Wildman–Crippen MR) is 111 cm³/mol. The van der Waals surface area contributed by atoms with Gasteiger partial charge in [-0.2, -0.15) is 0 Å². The smallest absolute Gasteiger partial charge is 0.319 e. The zero-order chi connectivity index (χ0) is 18.6. The van der Waals surface area contributed by atoms with Crippen molar-refractivity contribution in [2.24, 2.45) is 0 Å². The van der Waals surface area contributed by atoms with E-state index in [0.29, 0.717) is 11.6 Å². The van der Waals surface area contributed by atoms with Crippen LogP contribution in [0.2, 0.25) is 5.02 Å². The van der Waals surface area contributed by atoms with E-state index in [1.54, 1.807) is 0 Å². The fourth-order valence-electron chi connectivity index (χ4n) is 2.95. The van der Waals surface area contributed by atoms with E-state index in [1.165, 1.54) is 0 Å². The van der Waals surface area contributed by atoms with Gasteiger partial charge in [-0.25, -0.2) is 4.79 Å². The van der Waals surface area contributed by atoms with E-state index in [2.05, 4.69) is 21.7 Å². The van der Waals surface area contributed by atoms with Crippen molar-refractivity contribution in [1.82, 2.24) is 10.3 Å². The molecule has 4 aromatic rings. The molecule has 3 N–H and O–H groups in total. The number of nitrogens with one attached hydrogen (secondary N) is 3. The summed E-state index contributed by atoms with van der Waals surface area (Å²) in [6.07, 6.45) is 0. The van der Waals surface area contributed by atoms with E-state index >= 15 is 0 Å². The van der Waals surface area contributed by atoms with Crippen LogP contribution in [0.4, 0.5) is 10.5 Å². The molecule has 0 saturated heterocycles. The highest BCUT2D eigenvalue weighted by molar-refractivity contribution is 6.31. The van der Waals surface area contributed by atoms with Crippen molar-refractivity contribution in [2.75, 3.05) is 5.32 Å². The first-order valence-electron chi connectivity index (χ1n) is 8.65. The number of urea groups is 1. The maximum Gasteiger partial charge on any atom is 0.319 e. The molecule has 0 fully saturated rings. The normalized spacial score (nSPS) is 10.7. The van der Waals surface area contributed by atoms with Crippen LogP contribution < -0.4 is 10.6 Å². The van der Waals surface area contributed by atoms with E-state index in [1.807, 2.05) is 72.8 Å². The Labute approximate surface area is 162 Å². The van der Waals surface area contributed by atoms with E-state index in [-0.39, 0.29) is 6.03 Å². The molecule has 0 atom stereocenters. The maximum absolute atomic E-state index is 12.0. The summed E-state index contributed by atoms with van der Waals surface area (Å²) in [5.41, 5.74) is 4.88. The number of hydrogen-bond acceptors (Lipinski definition) is 1. The average Bonchev–Trinajstić information content (AvgIpc) is 3.11. The van der Waals surface area contributed by atoms with Crippen LogP contribution in [0, 0.1) is 0 Å². The molecule has 4 nitrogen and oxygen atoms in total. The minimum absolute atomic E-state index is 0.230. The molecular weight excluding hydrogens is 358 g/mol. The van der Waals surface area contributed by atoms with Crippen molar-refractivity contribution in [1.29, 1.82) is 0 Å². The third-order valence-electron chi connectivity index (χ3n) is 4.33. The topological polar surface area (TPSA) is 56.9 Å². The fourth-order valence-corrected chi connectivity index (χ4v) is 3.13. The quantitative estimate of drug-likeness (QED) is 0.414. The van der Waals surface area contributed by atoms with E-state index < -0.39 is 0 Å². The molecule has 1 heterocycles. The van der Waals surface area contributed by atoms with Gasteiger partial charge in [0.05, 0.1) is 0 Å². The number of H-pyrrole nitrogens is 1. The average molecular weight is 376 g/mol. The summed E-state index contributed by atoms with van der Waals surface area (Å²) in [6, 6.07) is 25.1. The number of aromatic amines is 1. The number of benzene rings is 3. The van der Waals surface area contributed by atoms with Gasteiger partial charge in [0, 0.05) is 33.9 Å². The summed E-state index contributed by atoms with van der Waals surface area (Å²) in [5, 5.41) is 7.48. The Kier molecular flexibility index (Phi) is 4.81. The number of halogens is 1. The Balaban J connectivity index is 1.41. The van der Waals surface area contributed by atoms with Crippen LogP contribution in [0.15, 0.2) is 78.9 Å². The monoisotopic (exact) mass is 375 g/mol. The molecule has 0 saturated carbocycles. The first kappa shape index (κ1) is 17.2. The van der Waals surface area contributed by atoms with Crippen LogP contribution in [0.25, 0.3) is 22.2 Å². The van der Waals surface area contributed by atoms with Gasteiger partial charge in [0.15, 0.2) is 0 Å². The summed E-state index contributed by atoms with van der Waals surface area (Å²) in [7, 11) is 0. The third-order valence-corrected chi connectivity index (χ3v) is 4.57. The number of amides is 2. The maximum atomic E-state index is 12.0. The molecule has 5 heteroatoms. The van der Waals surface area contributed by atoms with Gasteiger partial charge in [-0.3, -0.25) is 0 Å². The molecular formula is C22H18ClN3O. The van der Waals surface area contributed by atoms with Crippen molar-refractivity contribution in [3.8, 4) is 11.3 Å². The van der Waals surface area contributed by atoms with E-state index in [0.717, 1.165) is 33.4 Å². The van der Waals surface area contributed by atoms with Crippen LogP contribution >= 0.6 is 11.6 Å². The molecule has 1 aromatic heterocycles. The molecule has 0 bridgehead atoms. The second-order valence-electron chi connectivity index (χ2n) is 6.29. The van der Waals surface area contributed by atoms with Crippen molar-refractivity contribution >= 4 is 34.2 Å². The zero-order valence-corrected chi connectivity index (χ0v) is 15.3. The fraction of sp³-hybridized carbons (Fsp3) is 0.0455. The summed E-state index contributed by atoms with van der Waals surface area (Å²) in [5.74, 6) is 0. The Morgan fingerprint density at radius 3 is 2.48 bits per heavy atom. The molecule has 0 aliphatic carbocycles. The van der Waals surface area contributed by atoms with Crippen molar-refractivity contribution in [3.63, 3.8) is 0 Å². The Morgan fingerprint density at radius 2 is 1.70 bits per heavy atom. The molecule has 0 spiro atoms. The van der Waals surface area contributed by atoms with Crippen LogP contribution in [0.1, 0.15) is 5.56 Å². The number of rotatable bonds is 4. The Hall–Kier alpha value is -3.24. The second-order valence-corrected chi connectivity index (χ2v) is 6.72. The molecule has 0 aliphatic rings. The van der Waals surface area contributed by atoms with Gasteiger partial charge in [-0.15, -0.1) is 0 Å². The van der Waals surface area contributed by atoms with Gasteiger partial charge in [-0.05, 0) is 47.5 Å². The van der Waals surface area contributed by atoms with Crippen LogP contribution in [-0.2, 0) is 6.54 Å². The van der Waals surface area contributed by atoms with Gasteiger partial charge in [0.2, 0.25) is 0 Å². The number of carbonyl (C=O) groups excluding carboxylic acids is 1. The lowest BCUT2D eigenvalue weighted by Gasteiger charge is -2.08. The molecule has 4 rings (SSSR count). The number of anilines is 1. The van der Waals surface area contributed by atoms with Crippen LogP contribution in [0.5, 0.6) is 0 Å². The number of fused-ring (bicyclic) bond motifs is 1. The lowest BCUT2D eigenvalue weighted by molar-refractivity contribution is 0.251. The lowest BCUT2D eigenvalue weighted by atomic mass is 10.1.